The molecule has 11 nitrogen and oxygen atoms in total. The lowest BCUT2D eigenvalue weighted by atomic mass is 9.97. The molecular formula is C48H51F3N2O9S. The van der Waals surface area contributed by atoms with E-state index in [4.69, 9.17) is 41.4 Å². The topological polar surface area (TPSA) is 139 Å². The molecule has 15 heteroatoms. The molecule has 2 heterocycles. The Morgan fingerprint density at radius 2 is 1.17 bits per heavy atom. The van der Waals surface area contributed by atoms with Crippen LogP contribution in [0, 0.1) is 6.92 Å². The summed E-state index contributed by atoms with van der Waals surface area (Å²) in [5.41, 5.74) is 0.611. The third-order valence-corrected chi connectivity index (χ3v) is 10.5. The molecule has 0 radical (unpaired) electrons. The molecule has 0 spiro atoms. The number of ether oxygens (including phenoxy) is 6. The predicted molar refractivity (Wildman–Crippen MR) is 229 cm³/mol. The minimum Gasteiger partial charge on any atom is -0.741 e. The largest absolute Gasteiger partial charge is 0.741 e. The maximum atomic E-state index is 10.7. The van der Waals surface area contributed by atoms with E-state index < -0.39 is 46.3 Å². The molecule has 0 saturated carbocycles. The van der Waals surface area contributed by atoms with Gasteiger partial charge in [-0.2, -0.15) is 13.2 Å². The summed E-state index contributed by atoms with van der Waals surface area (Å²) in [5, 5.41) is 3.48. The first kappa shape index (κ1) is 47.1. The average molecular weight is 889 g/mol. The highest BCUT2D eigenvalue weighted by Gasteiger charge is 2.50. The van der Waals surface area contributed by atoms with Gasteiger partial charge in [-0.25, -0.2) is 8.42 Å². The second-order valence-corrected chi connectivity index (χ2v) is 16.2. The maximum Gasteiger partial charge on any atom is 0.485 e. The summed E-state index contributed by atoms with van der Waals surface area (Å²) in [5.74, 6) is 1.53. The van der Waals surface area contributed by atoms with Crippen molar-refractivity contribution in [2.24, 2.45) is 0 Å². The molecule has 1 saturated heterocycles. The van der Waals surface area contributed by atoms with Crippen LogP contribution in [0.3, 0.4) is 0 Å². The van der Waals surface area contributed by atoms with Crippen LogP contribution >= 0.6 is 0 Å². The Balaban J connectivity index is 0.000000753. The lowest BCUT2D eigenvalue weighted by Crippen LogP contribution is -2.78. The fourth-order valence-corrected chi connectivity index (χ4v) is 6.70. The fourth-order valence-electron chi connectivity index (χ4n) is 6.70. The molecule has 0 aliphatic carbocycles. The summed E-state index contributed by atoms with van der Waals surface area (Å²) in [6, 6.07) is 48.9. The van der Waals surface area contributed by atoms with Crippen molar-refractivity contribution in [2.75, 3.05) is 19.7 Å². The van der Waals surface area contributed by atoms with E-state index in [0.29, 0.717) is 32.2 Å². The molecule has 63 heavy (non-hydrogen) atoms. The molecular weight excluding hydrogens is 838 g/mol. The molecule has 0 amide bonds. The van der Waals surface area contributed by atoms with Gasteiger partial charge in [0.2, 0.25) is 6.29 Å². The molecule has 0 aromatic heterocycles. The zero-order chi connectivity index (χ0) is 44.5. The van der Waals surface area contributed by atoms with E-state index in [9.17, 15) is 13.2 Å². The molecule has 2 N–H and O–H groups in total. The molecule has 5 aromatic rings. The Hall–Kier alpha value is -5.39. The van der Waals surface area contributed by atoms with Crippen LogP contribution in [0.4, 0.5) is 13.2 Å². The van der Waals surface area contributed by atoms with E-state index in [1.165, 1.54) is 0 Å². The smallest absolute Gasteiger partial charge is 0.485 e. The van der Waals surface area contributed by atoms with E-state index in [1.54, 1.807) is 0 Å². The first-order valence-corrected chi connectivity index (χ1v) is 21.9. The molecule has 0 unspecified atom stereocenters. The van der Waals surface area contributed by atoms with Gasteiger partial charge in [-0.3, -0.25) is 10.3 Å². The van der Waals surface area contributed by atoms with Crippen LogP contribution in [0.25, 0.3) is 5.76 Å². The predicted octanol–water partition coefficient (Wildman–Crippen LogP) is 6.57. The third-order valence-electron chi connectivity index (χ3n) is 9.96. The van der Waals surface area contributed by atoms with Crippen molar-refractivity contribution in [3.63, 3.8) is 0 Å². The molecule has 334 valence electrons. The fraction of sp³-hybridized carbons (Fsp3) is 0.312. The molecule has 7 rings (SSSR count). The van der Waals surface area contributed by atoms with Gasteiger partial charge in [0.05, 0.1) is 52.2 Å². The SMILES string of the molecule is Cc1ccc(/C(=C\C2=[NH+]CCCN2)O[C@H]2O[C@H](COCc3ccccc3)[C@@H](OCc3ccccc3)[C@H](OCc3ccccc3)[C@H]2OCc2ccccc2)cc1.O=S(=O)([O-])C(F)(F)F. The molecule has 5 atom stereocenters. The van der Waals surface area contributed by atoms with Crippen molar-refractivity contribution in [3.8, 4) is 0 Å². The Bertz CT molecular complexity index is 2290. The summed E-state index contributed by atoms with van der Waals surface area (Å²) in [6.45, 7) is 5.52. The minimum absolute atomic E-state index is 0.245. The quantitative estimate of drug-likeness (QED) is 0.0599. The van der Waals surface area contributed by atoms with E-state index >= 15 is 0 Å². The van der Waals surface area contributed by atoms with Crippen molar-refractivity contribution >= 4 is 21.7 Å². The van der Waals surface area contributed by atoms with Gasteiger partial charge in [-0.05, 0) is 29.2 Å². The van der Waals surface area contributed by atoms with Gasteiger partial charge < -0.3 is 33.0 Å². The van der Waals surface area contributed by atoms with E-state index in [2.05, 4.69) is 90.0 Å². The van der Waals surface area contributed by atoms with Crippen molar-refractivity contribution in [1.82, 2.24) is 5.32 Å². The number of rotatable bonds is 17. The highest BCUT2D eigenvalue weighted by atomic mass is 32.2. The second-order valence-electron chi connectivity index (χ2n) is 14.8. The van der Waals surface area contributed by atoms with Crippen molar-refractivity contribution in [3.05, 3.63) is 185 Å². The van der Waals surface area contributed by atoms with Gasteiger partial charge in [0.25, 0.3) is 5.84 Å². The summed E-state index contributed by atoms with van der Waals surface area (Å²) in [4.78, 5) is 3.48. The van der Waals surface area contributed by atoms with Gasteiger partial charge in [0.1, 0.15) is 30.2 Å². The molecule has 0 bridgehead atoms. The van der Waals surface area contributed by atoms with Crippen LogP contribution in [-0.4, -0.2) is 74.7 Å². The van der Waals surface area contributed by atoms with Crippen molar-refractivity contribution in [1.29, 1.82) is 0 Å². The number of nitrogens with one attached hydrogen (secondary N) is 2. The van der Waals surface area contributed by atoms with Crippen molar-refractivity contribution < 1.29 is 59.6 Å². The zero-order valence-corrected chi connectivity index (χ0v) is 35.5. The lowest BCUT2D eigenvalue weighted by Gasteiger charge is -2.46. The normalized spacial score (nSPS) is 20.4. The standard InChI is InChI=1S/C47H50N2O6.CHF3O3S/c1-35-23-25-40(26-24-35)41(29-43-48-27-14-28-49-43)54-47-46(53-33-39-21-12-5-13-22-39)45(52-32-38-19-10-4-11-20-38)44(51-31-37-17-8-3-9-18-37)42(55-47)34-50-30-36-15-6-2-7-16-36;2-1(3,4)8(5,6)7/h2-13,15-26,29,42,44-47H,14,27-28,30-34H2,1H3,(H,48,49);(H,5,6,7)/b41-29+;/t42-,44-,45+,46-,47+;/m1./s1. The summed E-state index contributed by atoms with van der Waals surface area (Å²) in [7, 11) is -6.09. The van der Waals surface area contributed by atoms with Crippen LogP contribution in [0.1, 0.15) is 39.8 Å². The van der Waals surface area contributed by atoms with Gasteiger partial charge in [0.15, 0.2) is 10.1 Å². The number of hydrogen-bond donors (Lipinski definition) is 2. The summed E-state index contributed by atoms with van der Waals surface area (Å²) in [6.07, 6.45) is -0.260. The summed E-state index contributed by atoms with van der Waals surface area (Å²) >= 11 is 0. The number of hydrogen-bond acceptors (Lipinski definition) is 10. The number of alkyl halides is 3. The maximum absolute atomic E-state index is 10.7. The van der Waals surface area contributed by atoms with Gasteiger partial charge in [0, 0.05) is 12.0 Å². The van der Waals surface area contributed by atoms with E-state index in [-0.39, 0.29) is 6.61 Å². The Morgan fingerprint density at radius 1 is 0.714 bits per heavy atom. The van der Waals surface area contributed by atoms with Gasteiger partial charge >= 0.3 is 5.51 Å². The number of amidine groups is 1. The van der Waals surface area contributed by atoms with Crippen LogP contribution < -0.4 is 10.3 Å². The highest BCUT2D eigenvalue weighted by molar-refractivity contribution is 7.86. The van der Waals surface area contributed by atoms with E-state index in [0.717, 1.165) is 58.7 Å². The molecule has 2 aliphatic heterocycles. The first-order chi connectivity index (χ1) is 30.4. The number of benzene rings is 5. The molecule has 1 fully saturated rings. The number of halogens is 3. The Kier molecular flexibility index (Phi) is 17.4. The minimum atomic E-state index is -6.09. The number of aryl methyl sites for hydroxylation is 1. The Labute approximate surface area is 366 Å². The second kappa shape index (κ2) is 23.3. The Morgan fingerprint density at radius 3 is 1.63 bits per heavy atom. The van der Waals surface area contributed by atoms with Gasteiger partial charge in [-0.1, -0.05) is 151 Å². The van der Waals surface area contributed by atoms with Crippen LogP contribution in [-0.2, 0) is 65.0 Å². The highest BCUT2D eigenvalue weighted by Crippen LogP contribution is 2.34. The van der Waals surface area contributed by atoms with E-state index in [1.807, 2.05) is 78.9 Å². The molecule has 5 aromatic carbocycles. The van der Waals surface area contributed by atoms with Crippen molar-refractivity contribution in [2.45, 2.75) is 76.0 Å². The first-order valence-electron chi connectivity index (χ1n) is 20.5. The molecule has 2 aliphatic rings. The summed E-state index contributed by atoms with van der Waals surface area (Å²) < 4.78 is 100.0. The monoisotopic (exact) mass is 888 g/mol. The third kappa shape index (κ3) is 14.9. The van der Waals surface area contributed by atoms with Gasteiger partial charge in [-0.15, -0.1) is 0 Å². The average Bonchev–Trinajstić information content (AvgIpc) is 3.29. The zero-order valence-electron chi connectivity index (χ0n) is 34.7. The van der Waals surface area contributed by atoms with Crippen LogP contribution in [0.15, 0.2) is 152 Å². The lowest BCUT2D eigenvalue weighted by molar-refractivity contribution is -0.463. The van der Waals surface area contributed by atoms with Crippen LogP contribution in [0.5, 0.6) is 0 Å². The van der Waals surface area contributed by atoms with Crippen LogP contribution in [0.2, 0.25) is 0 Å².